The maximum atomic E-state index is 10.9. The third kappa shape index (κ3) is 8.81. The SMILES string of the molecule is CC(C)(C)C1CCC(Oc2cccc3cc(C=O)ccc23)CC1.CC(C)(C)C1CCC(Oc2cccc3cc(I)ccc23)CC1. The molecule has 240 valence electrons. The van der Waals surface area contributed by atoms with Crippen LogP contribution in [0.2, 0.25) is 0 Å². The summed E-state index contributed by atoms with van der Waals surface area (Å²) in [6, 6.07) is 24.8. The fourth-order valence-electron chi connectivity index (χ4n) is 7.23. The quantitative estimate of drug-likeness (QED) is 0.152. The normalized spacial score (nSPS) is 22.4. The first-order chi connectivity index (χ1) is 21.4. The predicted molar refractivity (Wildman–Crippen MR) is 198 cm³/mol. The molecule has 0 unspecified atom stereocenters. The molecule has 2 saturated carbocycles. The van der Waals surface area contributed by atoms with Gasteiger partial charge in [0.05, 0.1) is 12.2 Å². The molecule has 0 atom stereocenters. The Kier molecular flexibility index (Phi) is 10.8. The van der Waals surface area contributed by atoms with Crippen LogP contribution in [0.3, 0.4) is 0 Å². The van der Waals surface area contributed by atoms with Gasteiger partial charge < -0.3 is 9.47 Å². The fraction of sp³-hybridized carbons (Fsp3) is 0.488. The molecule has 2 aliphatic rings. The molecule has 0 N–H and O–H groups in total. The predicted octanol–water partition coefficient (Wildman–Crippen LogP) is 12.1. The first kappa shape index (κ1) is 33.8. The van der Waals surface area contributed by atoms with Crippen LogP contribution in [0.4, 0.5) is 0 Å². The summed E-state index contributed by atoms with van der Waals surface area (Å²) in [5.74, 6) is 3.62. The molecule has 0 heterocycles. The Bertz CT molecular complexity index is 1580. The number of halogens is 1. The summed E-state index contributed by atoms with van der Waals surface area (Å²) < 4.78 is 14.0. The molecule has 3 nitrogen and oxygen atoms in total. The smallest absolute Gasteiger partial charge is 0.150 e. The second kappa shape index (κ2) is 14.4. The standard InChI is InChI=1S/C21H26O2.C20H25IO/c1-21(2,3)17-8-10-18(11-9-17)23-20-6-4-5-16-13-15(14-22)7-12-19(16)20;1-20(2,3)15-7-10-17(11-8-15)22-19-6-4-5-14-13-16(21)9-12-18(14)19/h4-7,12-14,17-18H,8-11H2,1-3H3;4-6,9,12-13,15,17H,7-8,10-11H2,1-3H3. The van der Waals surface area contributed by atoms with Gasteiger partial charge in [-0.3, -0.25) is 4.79 Å². The molecule has 45 heavy (non-hydrogen) atoms. The Morgan fingerprint density at radius 3 is 1.49 bits per heavy atom. The first-order valence-corrected chi connectivity index (χ1v) is 18.0. The number of hydrogen-bond acceptors (Lipinski definition) is 3. The summed E-state index contributed by atoms with van der Waals surface area (Å²) in [7, 11) is 0. The van der Waals surface area contributed by atoms with Gasteiger partial charge >= 0.3 is 0 Å². The van der Waals surface area contributed by atoms with Crippen LogP contribution in [0.5, 0.6) is 11.5 Å². The lowest BCUT2D eigenvalue weighted by Crippen LogP contribution is -2.30. The number of rotatable bonds is 5. The summed E-state index contributed by atoms with van der Waals surface area (Å²) in [6.07, 6.45) is 11.3. The second-order valence-electron chi connectivity index (χ2n) is 15.4. The Labute approximate surface area is 284 Å². The van der Waals surface area contributed by atoms with E-state index in [1.165, 1.54) is 52.9 Å². The van der Waals surface area contributed by atoms with Crippen LogP contribution < -0.4 is 9.47 Å². The maximum absolute atomic E-state index is 10.9. The number of carbonyl (C=O) groups is 1. The molecular weight excluding hydrogens is 667 g/mol. The van der Waals surface area contributed by atoms with E-state index in [1.54, 1.807) is 0 Å². The molecule has 4 heteroatoms. The lowest BCUT2D eigenvalue weighted by molar-refractivity contribution is 0.0890. The van der Waals surface area contributed by atoms with Crippen molar-refractivity contribution < 1.29 is 14.3 Å². The minimum atomic E-state index is 0.310. The van der Waals surface area contributed by atoms with Gasteiger partial charge in [0.1, 0.15) is 17.8 Å². The molecule has 0 spiro atoms. The molecule has 4 aromatic rings. The number of aldehydes is 1. The first-order valence-electron chi connectivity index (χ1n) is 16.9. The van der Waals surface area contributed by atoms with Crippen molar-refractivity contribution in [3.8, 4) is 11.5 Å². The van der Waals surface area contributed by atoms with E-state index in [2.05, 4.69) is 101 Å². The summed E-state index contributed by atoms with van der Waals surface area (Å²) >= 11 is 2.36. The van der Waals surface area contributed by atoms with Gasteiger partial charge in [0.25, 0.3) is 0 Å². The number of carbonyl (C=O) groups excluding carboxylic acids is 1. The lowest BCUT2D eigenvalue weighted by atomic mass is 9.72. The molecule has 6 rings (SSSR count). The van der Waals surface area contributed by atoms with E-state index in [1.807, 2.05) is 36.4 Å². The summed E-state index contributed by atoms with van der Waals surface area (Å²) in [6.45, 7) is 14.1. The van der Waals surface area contributed by atoms with Crippen molar-refractivity contribution in [3.05, 3.63) is 81.9 Å². The maximum Gasteiger partial charge on any atom is 0.150 e. The van der Waals surface area contributed by atoms with E-state index in [4.69, 9.17) is 9.47 Å². The van der Waals surface area contributed by atoms with Gasteiger partial charge in [0.15, 0.2) is 0 Å². The summed E-state index contributed by atoms with van der Waals surface area (Å²) in [5, 5.41) is 4.67. The van der Waals surface area contributed by atoms with Gasteiger partial charge in [-0.05, 0) is 150 Å². The molecule has 0 amide bonds. The van der Waals surface area contributed by atoms with Crippen LogP contribution >= 0.6 is 22.6 Å². The molecular formula is C41H51IO3. The Morgan fingerprint density at radius 2 is 1.04 bits per heavy atom. The average molecular weight is 719 g/mol. The van der Waals surface area contributed by atoms with Gasteiger partial charge in [-0.2, -0.15) is 0 Å². The van der Waals surface area contributed by atoms with Gasteiger partial charge in [0.2, 0.25) is 0 Å². The highest BCUT2D eigenvalue weighted by Crippen LogP contribution is 2.41. The molecule has 0 aliphatic heterocycles. The van der Waals surface area contributed by atoms with Crippen LogP contribution in [-0.2, 0) is 0 Å². The third-order valence-corrected chi connectivity index (χ3v) is 10.9. The van der Waals surface area contributed by atoms with Crippen molar-refractivity contribution >= 4 is 50.4 Å². The van der Waals surface area contributed by atoms with Gasteiger partial charge in [-0.25, -0.2) is 0 Å². The number of hydrogen-bond donors (Lipinski definition) is 0. The minimum Gasteiger partial charge on any atom is -0.490 e. The Balaban J connectivity index is 0.000000178. The molecule has 0 saturated heterocycles. The van der Waals surface area contributed by atoms with Crippen molar-refractivity contribution in [2.24, 2.45) is 22.7 Å². The van der Waals surface area contributed by atoms with Crippen LogP contribution in [0, 0.1) is 26.2 Å². The van der Waals surface area contributed by atoms with Gasteiger partial charge in [0, 0.05) is 19.9 Å². The van der Waals surface area contributed by atoms with Gasteiger partial charge in [-0.1, -0.05) is 71.9 Å². The molecule has 2 aliphatic carbocycles. The van der Waals surface area contributed by atoms with Crippen LogP contribution in [0.1, 0.15) is 103 Å². The van der Waals surface area contributed by atoms with Crippen LogP contribution in [-0.4, -0.2) is 18.5 Å². The van der Waals surface area contributed by atoms with Crippen LogP contribution in [0.15, 0.2) is 72.8 Å². The van der Waals surface area contributed by atoms with Gasteiger partial charge in [-0.15, -0.1) is 0 Å². The molecule has 2 fully saturated rings. The van der Waals surface area contributed by atoms with E-state index < -0.39 is 0 Å². The zero-order chi connectivity index (χ0) is 32.2. The zero-order valence-electron chi connectivity index (χ0n) is 28.1. The van der Waals surface area contributed by atoms with Crippen molar-refractivity contribution in [2.45, 2.75) is 105 Å². The summed E-state index contributed by atoms with van der Waals surface area (Å²) in [4.78, 5) is 10.9. The molecule has 0 aromatic heterocycles. The monoisotopic (exact) mass is 718 g/mol. The topological polar surface area (TPSA) is 35.5 Å². The lowest BCUT2D eigenvalue weighted by Gasteiger charge is -2.37. The molecule has 0 radical (unpaired) electrons. The van der Waals surface area contributed by atoms with E-state index in [9.17, 15) is 4.79 Å². The largest absolute Gasteiger partial charge is 0.490 e. The highest BCUT2D eigenvalue weighted by atomic mass is 127. The van der Waals surface area contributed by atoms with E-state index >= 15 is 0 Å². The second-order valence-corrected chi connectivity index (χ2v) is 16.6. The van der Waals surface area contributed by atoms with E-state index in [0.29, 0.717) is 28.6 Å². The van der Waals surface area contributed by atoms with Crippen molar-refractivity contribution in [1.29, 1.82) is 0 Å². The summed E-state index contributed by atoms with van der Waals surface area (Å²) in [5.41, 5.74) is 1.54. The highest BCUT2D eigenvalue weighted by molar-refractivity contribution is 14.1. The Hall–Kier alpha value is -2.60. The number of benzene rings is 4. The number of ether oxygens (including phenoxy) is 2. The Morgan fingerprint density at radius 1 is 0.600 bits per heavy atom. The molecule has 4 aromatic carbocycles. The van der Waals surface area contributed by atoms with Crippen molar-refractivity contribution in [2.75, 3.05) is 0 Å². The molecule has 0 bridgehead atoms. The van der Waals surface area contributed by atoms with E-state index in [0.717, 1.165) is 53.2 Å². The fourth-order valence-corrected chi connectivity index (χ4v) is 7.74. The van der Waals surface area contributed by atoms with E-state index in [-0.39, 0.29) is 0 Å². The van der Waals surface area contributed by atoms with Crippen molar-refractivity contribution in [3.63, 3.8) is 0 Å². The zero-order valence-corrected chi connectivity index (χ0v) is 30.2. The minimum absolute atomic E-state index is 0.310. The average Bonchev–Trinajstić information content (AvgIpc) is 3.01. The van der Waals surface area contributed by atoms with Crippen molar-refractivity contribution in [1.82, 2.24) is 0 Å². The third-order valence-electron chi connectivity index (χ3n) is 10.2. The number of fused-ring (bicyclic) bond motifs is 2. The van der Waals surface area contributed by atoms with Crippen LogP contribution in [0.25, 0.3) is 21.5 Å². The highest BCUT2D eigenvalue weighted by Gasteiger charge is 2.31.